The van der Waals surface area contributed by atoms with E-state index in [1.54, 1.807) is 11.9 Å². The summed E-state index contributed by atoms with van der Waals surface area (Å²) in [4.78, 5) is 38.0. The number of nitrogens with zero attached hydrogens (tertiary/aromatic N) is 2. The summed E-state index contributed by atoms with van der Waals surface area (Å²) in [6.45, 7) is 10.5. The molecule has 3 amide bonds. The van der Waals surface area contributed by atoms with Crippen molar-refractivity contribution in [3.05, 3.63) is 12.7 Å². The Hall–Kier alpha value is -2.05. The van der Waals surface area contributed by atoms with Crippen LogP contribution in [0.5, 0.6) is 0 Å². The van der Waals surface area contributed by atoms with E-state index in [9.17, 15) is 14.4 Å². The fourth-order valence-corrected chi connectivity index (χ4v) is 2.25. The van der Waals surface area contributed by atoms with E-state index in [0.717, 1.165) is 6.42 Å². The number of rotatable bonds is 5. The molecule has 0 aliphatic carbocycles. The quantitative estimate of drug-likeness (QED) is 0.765. The van der Waals surface area contributed by atoms with Crippen molar-refractivity contribution >= 4 is 17.9 Å². The van der Waals surface area contributed by atoms with Crippen LogP contribution in [0.15, 0.2) is 12.7 Å². The summed E-state index contributed by atoms with van der Waals surface area (Å²) >= 11 is 0. The number of likely N-dealkylation sites (N-methyl/N-ethyl adjacent to an activating group) is 1. The molecule has 1 heterocycles. The Balaban J connectivity index is 2.32. The van der Waals surface area contributed by atoms with Crippen LogP contribution in [0.3, 0.4) is 0 Å². The van der Waals surface area contributed by atoms with Gasteiger partial charge in [-0.15, -0.1) is 0 Å². The van der Waals surface area contributed by atoms with Gasteiger partial charge in [0.25, 0.3) is 0 Å². The lowest BCUT2D eigenvalue weighted by Gasteiger charge is -2.24. The predicted octanol–water partition coefficient (Wildman–Crippen LogP) is 1.00. The number of hydrogen-bond donors (Lipinski definition) is 1. The highest BCUT2D eigenvalue weighted by molar-refractivity contribution is 5.90. The minimum atomic E-state index is -0.508. The van der Waals surface area contributed by atoms with Crippen molar-refractivity contribution in [1.29, 1.82) is 0 Å². The summed E-state index contributed by atoms with van der Waals surface area (Å²) in [5.41, 5.74) is -0.508. The van der Waals surface area contributed by atoms with Crippen molar-refractivity contribution in [3.63, 3.8) is 0 Å². The van der Waals surface area contributed by atoms with Gasteiger partial charge in [-0.25, -0.2) is 4.79 Å². The molecular weight excluding hydrogens is 298 g/mol. The molecule has 7 nitrogen and oxygen atoms in total. The van der Waals surface area contributed by atoms with E-state index < -0.39 is 5.60 Å². The molecule has 0 saturated carbocycles. The SMILES string of the molecule is C=CC(=O)N(C)CC(=O)NCC1CCN(C(=O)OC(C)(C)C)C1. The van der Waals surface area contributed by atoms with Gasteiger partial charge in [-0.3, -0.25) is 9.59 Å². The number of hydrogen-bond acceptors (Lipinski definition) is 4. The Morgan fingerprint density at radius 2 is 2.04 bits per heavy atom. The minimum Gasteiger partial charge on any atom is -0.444 e. The highest BCUT2D eigenvalue weighted by Crippen LogP contribution is 2.18. The fraction of sp³-hybridized carbons (Fsp3) is 0.688. The topological polar surface area (TPSA) is 79.0 Å². The first kappa shape index (κ1) is 19.0. The molecule has 1 fully saturated rings. The van der Waals surface area contributed by atoms with E-state index in [0.29, 0.717) is 19.6 Å². The number of carbonyl (C=O) groups is 3. The normalized spacial score (nSPS) is 17.6. The van der Waals surface area contributed by atoms with Crippen molar-refractivity contribution in [2.45, 2.75) is 32.8 Å². The maximum atomic E-state index is 12.0. The average Bonchev–Trinajstić information content (AvgIpc) is 2.91. The molecule has 7 heteroatoms. The van der Waals surface area contributed by atoms with Crippen LogP contribution < -0.4 is 5.32 Å². The molecule has 1 N–H and O–H groups in total. The first-order valence-electron chi connectivity index (χ1n) is 7.74. The van der Waals surface area contributed by atoms with Gasteiger partial charge in [0.1, 0.15) is 5.60 Å². The second-order valence-electron chi connectivity index (χ2n) is 6.78. The highest BCUT2D eigenvalue weighted by Gasteiger charge is 2.29. The molecule has 23 heavy (non-hydrogen) atoms. The first-order valence-corrected chi connectivity index (χ1v) is 7.74. The minimum absolute atomic E-state index is 0.00659. The zero-order valence-corrected chi connectivity index (χ0v) is 14.4. The van der Waals surface area contributed by atoms with Crippen LogP contribution in [0.2, 0.25) is 0 Å². The number of nitrogens with one attached hydrogen (secondary N) is 1. The fourth-order valence-electron chi connectivity index (χ4n) is 2.25. The van der Waals surface area contributed by atoms with Gasteiger partial charge in [-0.1, -0.05) is 6.58 Å². The summed E-state index contributed by atoms with van der Waals surface area (Å²) in [7, 11) is 1.55. The van der Waals surface area contributed by atoms with Crippen LogP contribution in [0.1, 0.15) is 27.2 Å². The van der Waals surface area contributed by atoms with E-state index >= 15 is 0 Å². The van der Waals surface area contributed by atoms with Gasteiger partial charge in [0.05, 0.1) is 6.54 Å². The number of likely N-dealkylation sites (tertiary alicyclic amines) is 1. The summed E-state index contributed by atoms with van der Waals surface area (Å²) in [6, 6.07) is 0. The van der Waals surface area contributed by atoms with Crippen molar-refractivity contribution in [1.82, 2.24) is 15.1 Å². The summed E-state index contributed by atoms with van der Waals surface area (Å²) < 4.78 is 5.33. The van der Waals surface area contributed by atoms with Gasteiger partial charge in [0, 0.05) is 26.7 Å². The second kappa shape index (κ2) is 7.99. The molecule has 1 saturated heterocycles. The van der Waals surface area contributed by atoms with E-state index in [-0.39, 0.29) is 30.4 Å². The number of amides is 3. The van der Waals surface area contributed by atoms with Crippen LogP contribution in [-0.4, -0.2) is 66.5 Å². The van der Waals surface area contributed by atoms with E-state index in [1.165, 1.54) is 11.0 Å². The summed E-state index contributed by atoms with van der Waals surface area (Å²) in [5.74, 6) is -0.317. The largest absolute Gasteiger partial charge is 0.444 e. The number of ether oxygens (including phenoxy) is 1. The average molecular weight is 325 g/mol. The zero-order valence-electron chi connectivity index (χ0n) is 14.4. The Bertz CT molecular complexity index is 470. The molecule has 0 aromatic carbocycles. The van der Waals surface area contributed by atoms with Gasteiger partial charge in [0.15, 0.2) is 0 Å². The molecule has 0 spiro atoms. The Labute approximate surface area is 137 Å². The van der Waals surface area contributed by atoms with Crippen molar-refractivity contribution in [3.8, 4) is 0 Å². The molecule has 0 radical (unpaired) electrons. The van der Waals surface area contributed by atoms with Crippen LogP contribution in [0.4, 0.5) is 4.79 Å². The smallest absolute Gasteiger partial charge is 0.410 e. The van der Waals surface area contributed by atoms with Crippen LogP contribution in [0, 0.1) is 5.92 Å². The molecular formula is C16H27N3O4. The van der Waals surface area contributed by atoms with E-state index in [2.05, 4.69) is 11.9 Å². The van der Waals surface area contributed by atoms with Gasteiger partial charge < -0.3 is 19.9 Å². The first-order chi connectivity index (χ1) is 10.6. The van der Waals surface area contributed by atoms with Crippen LogP contribution in [0.25, 0.3) is 0 Å². The van der Waals surface area contributed by atoms with Crippen LogP contribution >= 0.6 is 0 Å². The third kappa shape index (κ3) is 6.71. The maximum Gasteiger partial charge on any atom is 0.410 e. The third-order valence-electron chi connectivity index (χ3n) is 3.46. The van der Waals surface area contributed by atoms with Crippen molar-refractivity contribution < 1.29 is 19.1 Å². The lowest BCUT2D eigenvalue weighted by atomic mass is 10.1. The predicted molar refractivity (Wildman–Crippen MR) is 86.8 cm³/mol. The van der Waals surface area contributed by atoms with Gasteiger partial charge in [0.2, 0.25) is 11.8 Å². The van der Waals surface area contributed by atoms with Gasteiger partial charge >= 0.3 is 6.09 Å². The Kier molecular flexibility index (Phi) is 6.60. The molecule has 1 rings (SSSR count). The van der Waals surface area contributed by atoms with Crippen molar-refractivity contribution in [2.75, 3.05) is 33.2 Å². The maximum absolute atomic E-state index is 12.0. The Morgan fingerprint density at radius 1 is 1.39 bits per heavy atom. The number of carbonyl (C=O) groups excluding carboxylic acids is 3. The second-order valence-corrected chi connectivity index (χ2v) is 6.78. The third-order valence-corrected chi connectivity index (χ3v) is 3.46. The molecule has 0 aromatic rings. The molecule has 1 atom stereocenters. The summed E-state index contributed by atoms with van der Waals surface area (Å²) in [6.07, 6.45) is 1.67. The van der Waals surface area contributed by atoms with Crippen molar-refractivity contribution in [2.24, 2.45) is 5.92 Å². The lowest BCUT2D eigenvalue weighted by molar-refractivity contribution is -0.131. The monoisotopic (exact) mass is 325 g/mol. The molecule has 0 bridgehead atoms. The molecule has 130 valence electrons. The molecule has 1 aliphatic rings. The molecule has 1 aliphatic heterocycles. The van der Waals surface area contributed by atoms with Crippen LogP contribution in [-0.2, 0) is 14.3 Å². The van der Waals surface area contributed by atoms with Gasteiger partial charge in [-0.05, 0) is 39.2 Å². The van der Waals surface area contributed by atoms with E-state index in [1.807, 2.05) is 20.8 Å². The summed E-state index contributed by atoms with van der Waals surface area (Å²) in [5, 5.41) is 2.80. The molecule has 1 unspecified atom stereocenters. The highest BCUT2D eigenvalue weighted by atomic mass is 16.6. The van der Waals surface area contributed by atoms with E-state index in [4.69, 9.17) is 4.74 Å². The zero-order chi connectivity index (χ0) is 17.6. The molecule has 0 aromatic heterocycles. The lowest BCUT2D eigenvalue weighted by Crippen LogP contribution is -2.40. The standard InChI is InChI=1S/C16H27N3O4/c1-6-14(21)18(5)11-13(20)17-9-12-7-8-19(10-12)15(22)23-16(2,3)4/h6,12H,1,7-11H2,2-5H3,(H,17,20). The Morgan fingerprint density at radius 3 is 2.61 bits per heavy atom. The van der Waals surface area contributed by atoms with Gasteiger partial charge in [-0.2, -0.15) is 0 Å².